The summed E-state index contributed by atoms with van der Waals surface area (Å²) in [6.45, 7) is 1.73. The maximum Gasteiger partial charge on any atom is 0.271 e. The van der Waals surface area contributed by atoms with Gasteiger partial charge in [-0.1, -0.05) is 17.7 Å². The number of imide groups is 1. The number of hydrazone groups is 1. The first-order valence-electron chi connectivity index (χ1n) is 6.39. The van der Waals surface area contributed by atoms with E-state index in [1.54, 1.807) is 25.1 Å². The summed E-state index contributed by atoms with van der Waals surface area (Å²) in [7, 11) is 0. The molecular formula is C14H14ClN3O3. The molecule has 7 heteroatoms. The number of hydrogen-bond acceptors (Lipinski definition) is 4. The van der Waals surface area contributed by atoms with Gasteiger partial charge in [-0.3, -0.25) is 19.3 Å². The molecule has 0 unspecified atom stereocenters. The molecule has 1 aliphatic heterocycles. The summed E-state index contributed by atoms with van der Waals surface area (Å²) in [6.07, 6.45) is 0.474. The van der Waals surface area contributed by atoms with Crippen LogP contribution in [-0.2, 0) is 9.59 Å². The lowest BCUT2D eigenvalue weighted by Crippen LogP contribution is -2.34. The molecule has 0 aliphatic carbocycles. The number of nitrogens with one attached hydrogen (secondary N) is 1. The van der Waals surface area contributed by atoms with Gasteiger partial charge in [-0.2, -0.15) is 5.10 Å². The fourth-order valence-corrected chi connectivity index (χ4v) is 2.09. The quantitative estimate of drug-likeness (QED) is 0.521. The average Bonchev–Trinajstić information content (AvgIpc) is 2.76. The molecule has 1 aliphatic rings. The standard InChI is InChI=1S/C14H14ClN3O3/c1-9(8-18-12(19)5-6-13(18)20)16-17-14(21)10-3-2-4-11(15)7-10/h2-4,7H,5-6,8H2,1H3,(H,17,21)/b16-9+. The van der Waals surface area contributed by atoms with Crippen LogP contribution in [0, 0.1) is 0 Å². The van der Waals surface area contributed by atoms with Gasteiger partial charge in [0, 0.05) is 23.4 Å². The van der Waals surface area contributed by atoms with Crippen molar-refractivity contribution in [2.24, 2.45) is 5.10 Å². The van der Waals surface area contributed by atoms with Crippen LogP contribution in [0.15, 0.2) is 29.4 Å². The average molecular weight is 308 g/mol. The molecule has 0 radical (unpaired) electrons. The van der Waals surface area contributed by atoms with Gasteiger partial charge in [-0.15, -0.1) is 0 Å². The van der Waals surface area contributed by atoms with Crippen LogP contribution in [0.5, 0.6) is 0 Å². The van der Waals surface area contributed by atoms with Crippen molar-refractivity contribution in [2.45, 2.75) is 19.8 Å². The summed E-state index contributed by atoms with van der Waals surface area (Å²) in [5, 5.41) is 4.35. The predicted octanol–water partition coefficient (Wildman–Crippen LogP) is 1.59. The van der Waals surface area contributed by atoms with E-state index in [0.29, 0.717) is 16.3 Å². The number of carbonyl (C=O) groups excluding carboxylic acids is 3. The normalized spacial score (nSPS) is 15.5. The molecule has 1 N–H and O–H groups in total. The molecule has 0 atom stereocenters. The summed E-state index contributed by atoms with van der Waals surface area (Å²) < 4.78 is 0. The topological polar surface area (TPSA) is 78.8 Å². The predicted molar refractivity (Wildman–Crippen MR) is 78.0 cm³/mol. The number of halogens is 1. The lowest BCUT2D eigenvalue weighted by atomic mass is 10.2. The highest BCUT2D eigenvalue weighted by atomic mass is 35.5. The SMILES string of the molecule is C/C(CN1C(=O)CCC1=O)=N\NC(=O)c1cccc(Cl)c1. The van der Waals surface area contributed by atoms with Crippen molar-refractivity contribution in [3.8, 4) is 0 Å². The Morgan fingerprint density at radius 1 is 1.33 bits per heavy atom. The highest BCUT2D eigenvalue weighted by Crippen LogP contribution is 2.12. The molecule has 0 saturated carbocycles. The zero-order chi connectivity index (χ0) is 15.4. The Morgan fingerprint density at radius 2 is 2.00 bits per heavy atom. The van der Waals surface area contributed by atoms with E-state index in [9.17, 15) is 14.4 Å². The van der Waals surface area contributed by atoms with E-state index in [1.807, 2.05) is 0 Å². The zero-order valence-corrected chi connectivity index (χ0v) is 12.2. The number of nitrogens with zero attached hydrogens (tertiary/aromatic N) is 2. The first-order chi connectivity index (χ1) is 9.97. The largest absolute Gasteiger partial charge is 0.277 e. The fourth-order valence-electron chi connectivity index (χ4n) is 1.90. The molecule has 2 rings (SSSR count). The lowest BCUT2D eigenvalue weighted by Gasteiger charge is -2.13. The van der Waals surface area contributed by atoms with Crippen LogP contribution in [0.3, 0.4) is 0 Å². The van der Waals surface area contributed by atoms with Crippen molar-refractivity contribution in [3.05, 3.63) is 34.9 Å². The van der Waals surface area contributed by atoms with Crippen molar-refractivity contribution in [1.29, 1.82) is 0 Å². The molecule has 1 heterocycles. The Kier molecular flexibility index (Phi) is 4.70. The number of carbonyl (C=O) groups is 3. The van der Waals surface area contributed by atoms with Gasteiger partial charge in [0.25, 0.3) is 5.91 Å². The molecular weight excluding hydrogens is 294 g/mol. The van der Waals surface area contributed by atoms with Gasteiger partial charge in [0.1, 0.15) is 0 Å². The molecule has 3 amide bonds. The summed E-state index contributed by atoms with van der Waals surface area (Å²) in [4.78, 5) is 35.9. The number of likely N-dealkylation sites (tertiary alicyclic amines) is 1. The summed E-state index contributed by atoms with van der Waals surface area (Å²) in [5.74, 6) is -0.831. The Labute approximate surface area is 126 Å². The minimum absolute atomic E-state index is 0.0908. The minimum Gasteiger partial charge on any atom is -0.277 e. The maximum atomic E-state index is 11.8. The van der Waals surface area contributed by atoms with E-state index < -0.39 is 5.91 Å². The smallest absolute Gasteiger partial charge is 0.271 e. The van der Waals surface area contributed by atoms with Gasteiger partial charge < -0.3 is 0 Å². The molecule has 1 saturated heterocycles. The summed E-state index contributed by atoms with van der Waals surface area (Å²) >= 11 is 5.80. The molecule has 1 aromatic carbocycles. The first kappa shape index (κ1) is 15.2. The minimum atomic E-state index is -0.407. The zero-order valence-electron chi connectivity index (χ0n) is 11.4. The van der Waals surface area contributed by atoms with E-state index in [1.165, 1.54) is 6.07 Å². The highest BCUT2D eigenvalue weighted by molar-refractivity contribution is 6.30. The van der Waals surface area contributed by atoms with Crippen molar-refractivity contribution in [1.82, 2.24) is 10.3 Å². The van der Waals surface area contributed by atoms with Gasteiger partial charge in [0.15, 0.2) is 0 Å². The van der Waals surface area contributed by atoms with Crippen LogP contribution < -0.4 is 5.43 Å². The van der Waals surface area contributed by atoms with Gasteiger partial charge in [-0.25, -0.2) is 5.43 Å². The van der Waals surface area contributed by atoms with Crippen LogP contribution >= 0.6 is 11.6 Å². The molecule has 21 heavy (non-hydrogen) atoms. The maximum absolute atomic E-state index is 11.8. The lowest BCUT2D eigenvalue weighted by molar-refractivity contribution is -0.137. The second kappa shape index (κ2) is 6.49. The van der Waals surface area contributed by atoms with E-state index in [-0.39, 0.29) is 31.2 Å². The Hall–Kier alpha value is -2.21. The van der Waals surface area contributed by atoms with E-state index >= 15 is 0 Å². The monoisotopic (exact) mass is 307 g/mol. The van der Waals surface area contributed by atoms with Gasteiger partial charge >= 0.3 is 0 Å². The highest BCUT2D eigenvalue weighted by Gasteiger charge is 2.28. The van der Waals surface area contributed by atoms with Crippen LogP contribution in [0.4, 0.5) is 0 Å². The van der Waals surface area contributed by atoms with Crippen molar-refractivity contribution in [3.63, 3.8) is 0 Å². The van der Waals surface area contributed by atoms with Crippen molar-refractivity contribution in [2.75, 3.05) is 6.54 Å². The van der Waals surface area contributed by atoms with Gasteiger partial charge in [-0.05, 0) is 25.1 Å². The number of hydrogen-bond donors (Lipinski definition) is 1. The first-order valence-corrected chi connectivity index (χ1v) is 6.77. The second-order valence-corrected chi connectivity index (χ2v) is 5.11. The molecule has 0 bridgehead atoms. The number of benzene rings is 1. The van der Waals surface area contributed by atoms with E-state index in [4.69, 9.17) is 11.6 Å². The van der Waals surface area contributed by atoms with Gasteiger partial charge in [0.2, 0.25) is 11.8 Å². The van der Waals surface area contributed by atoms with Crippen molar-refractivity contribution >= 4 is 35.0 Å². The third-order valence-corrected chi connectivity index (χ3v) is 3.21. The van der Waals surface area contributed by atoms with E-state index in [2.05, 4.69) is 10.5 Å². The third-order valence-electron chi connectivity index (χ3n) is 2.98. The third kappa shape index (κ3) is 3.88. The molecule has 1 fully saturated rings. The van der Waals surface area contributed by atoms with Crippen LogP contribution in [0.1, 0.15) is 30.1 Å². The van der Waals surface area contributed by atoms with E-state index in [0.717, 1.165) is 4.90 Å². The Bertz CT molecular complexity index is 612. The van der Waals surface area contributed by atoms with Crippen LogP contribution in [0.25, 0.3) is 0 Å². The fraction of sp³-hybridized carbons (Fsp3) is 0.286. The molecule has 6 nitrogen and oxygen atoms in total. The number of amides is 3. The Morgan fingerprint density at radius 3 is 2.62 bits per heavy atom. The Balaban J connectivity index is 1.95. The summed E-state index contributed by atoms with van der Waals surface area (Å²) in [6, 6.07) is 6.46. The molecule has 1 aromatic rings. The molecule has 0 aromatic heterocycles. The number of rotatable bonds is 4. The molecule has 0 spiro atoms. The van der Waals surface area contributed by atoms with Crippen LogP contribution in [-0.4, -0.2) is 34.9 Å². The van der Waals surface area contributed by atoms with Gasteiger partial charge in [0.05, 0.1) is 12.3 Å². The molecule has 110 valence electrons. The van der Waals surface area contributed by atoms with Crippen LogP contribution in [0.2, 0.25) is 5.02 Å². The van der Waals surface area contributed by atoms with Crippen molar-refractivity contribution < 1.29 is 14.4 Å². The second-order valence-electron chi connectivity index (χ2n) is 4.67. The summed E-state index contributed by atoms with van der Waals surface area (Å²) in [5.41, 5.74) is 3.22.